The molecule has 0 radical (unpaired) electrons. The van der Waals surface area contributed by atoms with E-state index in [4.69, 9.17) is 11.6 Å². The molecule has 142 valence electrons. The Balaban J connectivity index is 1.57. The van der Waals surface area contributed by atoms with Crippen LogP contribution in [0.3, 0.4) is 0 Å². The summed E-state index contributed by atoms with van der Waals surface area (Å²) in [6, 6.07) is 0.400. The SMILES string of the molecule is CC(Nc1nc(Cl)nc2ncn(CC3CCC(C)(C)CC3)c12)C1CCC1. The van der Waals surface area contributed by atoms with Crippen LogP contribution in [0.2, 0.25) is 5.28 Å². The van der Waals surface area contributed by atoms with Gasteiger partial charge in [0.25, 0.3) is 0 Å². The molecule has 1 N–H and O–H groups in total. The van der Waals surface area contributed by atoms with Gasteiger partial charge in [0, 0.05) is 12.6 Å². The van der Waals surface area contributed by atoms with Crippen LogP contribution in [0.15, 0.2) is 6.33 Å². The van der Waals surface area contributed by atoms with Crippen LogP contribution in [0.25, 0.3) is 11.2 Å². The van der Waals surface area contributed by atoms with Gasteiger partial charge >= 0.3 is 0 Å². The molecule has 0 spiro atoms. The quantitative estimate of drug-likeness (QED) is 0.720. The van der Waals surface area contributed by atoms with Crippen LogP contribution in [-0.2, 0) is 6.54 Å². The number of hydrogen-bond donors (Lipinski definition) is 1. The lowest BCUT2D eigenvalue weighted by Crippen LogP contribution is -2.31. The van der Waals surface area contributed by atoms with E-state index in [0.717, 1.165) is 23.8 Å². The van der Waals surface area contributed by atoms with Crippen LogP contribution < -0.4 is 5.32 Å². The summed E-state index contributed by atoms with van der Waals surface area (Å²) in [5, 5.41) is 3.88. The highest BCUT2D eigenvalue weighted by molar-refractivity contribution is 6.28. The van der Waals surface area contributed by atoms with E-state index >= 15 is 0 Å². The predicted molar refractivity (Wildman–Crippen MR) is 106 cm³/mol. The molecule has 0 bridgehead atoms. The van der Waals surface area contributed by atoms with Gasteiger partial charge in [-0.05, 0) is 74.3 Å². The molecule has 6 heteroatoms. The molecule has 2 heterocycles. The molecule has 2 aliphatic rings. The van der Waals surface area contributed by atoms with Crippen molar-refractivity contribution >= 4 is 28.6 Å². The third kappa shape index (κ3) is 3.68. The minimum absolute atomic E-state index is 0.269. The van der Waals surface area contributed by atoms with Crippen molar-refractivity contribution in [2.24, 2.45) is 17.3 Å². The fraction of sp³-hybridized carbons (Fsp3) is 0.750. The summed E-state index contributed by atoms with van der Waals surface area (Å²) in [4.78, 5) is 13.4. The molecule has 4 rings (SSSR count). The molecule has 2 aromatic rings. The van der Waals surface area contributed by atoms with Crippen LogP contribution in [0.5, 0.6) is 0 Å². The number of nitrogens with zero attached hydrogens (tertiary/aromatic N) is 4. The number of halogens is 1. The highest BCUT2D eigenvalue weighted by Crippen LogP contribution is 2.39. The van der Waals surface area contributed by atoms with Gasteiger partial charge in [0.1, 0.15) is 5.52 Å². The number of rotatable bonds is 5. The standard InChI is InChI=1S/C20H30ClN5/c1-13(15-5-4-6-15)23-18-16-17(24-19(21)25-18)22-12-26(16)11-14-7-9-20(2,3)10-8-14/h12-15H,4-11H2,1-3H3,(H,23,24,25). The van der Waals surface area contributed by atoms with Gasteiger partial charge in [-0.25, -0.2) is 4.98 Å². The van der Waals surface area contributed by atoms with Gasteiger partial charge in [-0.2, -0.15) is 9.97 Å². The van der Waals surface area contributed by atoms with Gasteiger partial charge in [0.15, 0.2) is 11.5 Å². The smallest absolute Gasteiger partial charge is 0.226 e. The van der Waals surface area contributed by atoms with E-state index in [-0.39, 0.29) is 5.28 Å². The molecule has 0 aromatic carbocycles. The molecule has 2 saturated carbocycles. The molecule has 0 amide bonds. The predicted octanol–water partition coefficient (Wildman–Crippen LogP) is 5.30. The number of nitrogens with one attached hydrogen (secondary N) is 1. The first-order valence-corrected chi connectivity index (χ1v) is 10.4. The zero-order chi connectivity index (χ0) is 18.3. The van der Waals surface area contributed by atoms with E-state index in [0.29, 0.717) is 23.0 Å². The first kappa shape index (κ1) is 18.0. The fourth-order valence-electron chi connectivity index (χ4n) is 4.39. The molecule has 5 nitrogen and oxygen atoms in total. The second-order valence-corrected chi connectivity index (χ2v) is 9.48. The maximum absolute atomic E-state index is 6.16. The first-order valence-electron chi connectivity index (χ1n) is 10.1. The van der Waals surface area contributed by atoms with Gasteiger partial charge in [0.2, 0.25) is 5.28 Å². The fourth-order valence-corrected chi connectivity index (χ4v) is 4.55. The van der Waals surface area contributed by atoms with Crippen molar-refractivity contribution in [3.8, 4) is 0 Å². The van der Waals surface area contributed by atoms with E-state index in [1.165, 1.54) is 44.9 Å². The highest BCUT2D eigenvalue weighted by atomic mass is 35.5. The Hall–Kier alpha value is -1.36. The van der Waals surface area contributed by atoms with Crippen molar-refractivity contribution in [1.82, 2.24) is 19.5 Å². The molecule has 0 aliphatic heterocycles. The molecule has 2 aliphatic carbocycles. The lowest BCUT2D eigenvalue weighted by atomic mass is 9.73. The second kappa shape index (κ2) is 6.99. The van der Waals surface area contributed by atoms with Crippen LogP contribution in [0, 0.1) is 17.3 Å². The topological polar surface area (TPSA) is 55.6 Å². The van der Waals surface area contributed by atoms with E-state index in [9.17, 15) is 0 Å². The van der Waals surface area contributed by atoms with E-state index in [2.05, 4.69) is 45.6 Å². The van der Waals surface area contributed by atoms with Crippen molar-refractivity contribution < 1.29 is 0 Å². The molecule has 1 atom stereocenters. The zero-order valence-corrected chi connectivity index (χ0v) is 16.9. The number of hydrogen-bond acceptors (Lipinski definition) is 4. The molecule has 2 fully saturated rings. The van der Waals surface area contributed by atoms with Crippen molar-refractivity contribution in [2.75, 3.05) is 5.32 Å². The Bertz CT molecular complexity index is 770. The number of aromatic nitrogens is 4. The Morgan fingerprint density at radius 1 is 1.23 bits per heavy atom. The minimum Gasteiger partial charge on any atom is -0.365 e. The summed E-state index contributed by atoms with van der Waals surface area (Å²) in [5.74, 6) is 2.27. The summed E-state index contributed by atoms with van der Waals surface area (Å²) in [7, 11) is 0. The van der Waals surface area contributed by atoms with Crippen LogP contribution in [0.4, 0.5) is 5.82 Å². The Morgan fingerprint density at radius 2 is 1.96 bits per heavy atom. The van der Waals surface area contributed by atoms with Gasteiger partial charge in [0.05, 0.1) is 6.33 Å². The number of anilines is 1. The zero-order valence-electron chi connectivity index (χ0n) is 16.1. The molecule has 1 unspecified atom stereocenters. The normalized spacial score (nSPS) is 22.3. The molecule has 0 saturated heterocycles. The summed E-state index contributed by atoms with van der Waals surface area (Å²) >= 11 is 6.16. The Morgan fingerprint density at radius 3 is 2.62 bits per heavy atom. The van der Waals surface area contributed by atoms with Crippen LogP contribution >= 0.6 is 11.6 Å². The summed E-state index contributed by atoms with van der Waals surface area (Å²) in [5.41, 5.74) is 2.20. The third-order valence-electron chi connectivity index (χ3n) is 6.58. The van der Waals surface area contributed by atoms with Gasteiger partial charge in [-0.3, -0.25) is 0 Å². The average molecular weight is 376 g/mol. The number of imidazole rings is 1. The van der Waals surface area contributed by atoms with E-state index in [1.807, 2.05) is 6.33 Å². The monoisotopic (exact) mass is 375 g/mol. The van der Waals surface area contributed by atoms with Crippen molar-refractivity contribution in [3.63, 3.8) is 0 Å². The van der Waals surface area contributed by atoms with Gasteiger partial charge < -0.3 is 9.88 Å². The van der Waals surface area contributed by atoms with Crippen molar-refractivity contribution in [1.29, 1.82) is 0 Å². The van der Waals surface area contributed by atoms with E-state index in [1.54, 1.807) is 0 Å². The summed E-state index contributed by atoms with van der Waals surface area (Å²) in [6.45, 7) is 8.00. The number of fused-ring (bicyclic) bond motifs is 1. The highest BCUT2D eigenvalue weighted by Gasteiger charge is 2.28. The molecule has 26 heavy (non-hydrogen) atoms. The van der Waals surface area contributed by atoms with Crippen molar-refractivity contribution in [3.05, 3.63) is 11.6 Å². The summed E-state index contributed by atoms with van der Waals surface area (Å²) < 4.78 is 2.24. The largest absolute Gasteiger partial charge is 0.365 e. The Kier molecular flexibility index (Phi) is 4.84. The maximum atomic E-state index is 6.16. The molecular weight excluding hydrogens is 346 g/mol. The van der Waals surface area contributed by atoms with Crippen LogP contribution in [-0.4, -0.2) is 25.6 Å². The molecular formula is C20H30ClN5. The average Bonchev–Trinajstić information content (AvgIpc) is 2.90. The maximum Gasteiger partial charge on any atom is 0.226 e. The van der Waals surface area contributed by atoms with Crippen LogP contribution in [0.1, 0.15) is 65.7 Å². The third-order valence-corrected chi connectivity index (χ3v) is 6.75. The molecule has 2 aromatic heterocycles. The van der Waals surface area contributed by atoms with E-state index < -0.39 is 0 Å². The minimum atomic E-state index is 0.269. The first-order chi connectivity index (χ1) is 12.4. The van der Waals surface area contributed by atoms with Crippen molar-refractivity contribution in [2.45, 2.75) is 78.3 Å². The Labute approximate surface area is 161 Å². The lowest BCUT2D eigenvalue weighted by Gasteiger charge is -2.34. The second-order valence-electron chi connectivity index (χ2n) is 9.14. The summed E-state index contributed by atoms with van der Waals surface area (Å²) in [6.07, 6.45) is 11.0. The van der Waals surface area contributed by atoms with Gasteiger partial charge in [-0.15, -0.1) is 0 Å². The van der Waals surface area contributed by atoms with Gasteiger partial charge in [-0.1, -0.05) is 20.3 Å². The lowest BCUT2D eigenvalue weighted by molar-refractivity contribution is 0.180.